The van der Waals surface area contributed by atoms with E-state index in [2.05, 4.69) is 4.90 Å². The average Bonchev–Trinajstić information content (AvgIpc) is 3.21. The van der Waals surface area contributed by atoms with Gasteiger partial charge in [0.15, 0.2) is 11.5 Å². The van der Waals surface area contributed by atoms with Gasteiger partial charge in [-0.1, -0.05) is 60.7 Å². The highest BCUT2D eigenvalue weighted by Crippen LogP contribution is 2.50. The normalized spacial score (nSPS) is 13.6. The fourth-order valence-electron chi connectivity index (χ4n) is 5.02. The van der Waals surface area contributed by atoms with E-state index in [-0.39, 0.29) is 11.8 Å². The first-order valence-corrected chi connectivity index (χ1v) is 12.0. The summed E-state index contributed by atoms with van der Waals surface area (Å²) < 4.78 is 6.10. The molecule has 0 spiro atoms. The lowest BCUT2D eigenvalue weighted by Crippen LogP contribution is -2.29. The molecule has 2 aliphatic heterocycles. The minimum atomic E-state index is -0.312. The molecule has 0 N–H and O–H groups in total. The average molecular weight is 481 g/mol. The van der Waals surface area contributed by atoms with Crippen molar-refractivity contribution in [2.24, 2.45) is 0 Å². The number of rotatable bonds is 3. The van der Waals surface area contributed by atoms with Crippen LogP contribution in [0.5, 0.6) is 11.5 Å². The van der Waals surface area contributed by atoms with Crippen LogP contribution in [0.3, 0.4) is 0 Å². The predicted octanol–water partition coefficient (Wildman–Crippen LogP) is 7.73. The SMILES string of the molecule is O=C1c2ccc(-c3ccccc3)cc2C(=O)N1c1ccc(N2c3ccccc3Oc3ccccc32)cc1. The Bertz CT molecular complexity index is 1650. The van der Waals surface area contributed by atoms with Crippen LogP contribution in [0.15, 0.2) is 121 Å². The highest BCUT2D eigenvalue weighted by Gasteiger charge is 2.37. The fourth-order valence-corrected chi connectivity index (χ4v) is 5.02. The lowest BCUT2D eigenvalue weighted by atomic mass is 10.0. The number of fused-ring (bicyclic) bond motifs is 3. The Hall–Kier alpha value is -5.16. The van der Waals surface area contributed by atoms with Gasteiger partial charge in [0.05, 0.1) is 28.2 Å². The molecule has 7 rings (SSSR count). The number of carbonyl (C=O) groups is 2. The van der Waals surface area contributed by atoms with Crippen molar-refractivity contribution in [2.45, 2.75) is 0 Å². The van der Waals surface area contributed by atoms with E-state index in [1.807, 2.05) is 109 Å². The molecule has 0 aliphatic carbocycles. The van der Waals surface area contributed by atoms with Crippen molar-refractivity contribution in [2.75, 3.05) is 9.80 Å². The van der Waals surface area contributed by atoms with Gasteiger partial charge in [-0.25, -0.2) is 4.90 Å². The standard InChI is InChI=1S/C32H20N2O3/c35-31-25-19-14-22(21-8-2-1-3-9-21)20-26(25)32(36)34(31)24-17-15-23(16-18-24)33-27-10-4-6-12-29(27)37-30-13-7-5-11-28(30)33/h1-20H. The quantitative estimate of drug-likeness (QED) is 0.243. The van der Waals surface area contributed by atoms with Crippen molar-refractivity contribution in [3.05, 3.63) is 132 Å². The van der Waals surface area contributed by atoms with Crippen LogP contribution in [0.4, 0.5) is 22.7 Å². The van der Waals surface area contributed by atoms with Crippen LogP contribution in [-0.2, 0) is 0 Å². The van der Waals surface area contributed by atoms with Gasteiger partial charge in [0.25, 0.3) is 11.8 Å². The summed E-state index contributed by atoms with van der Waals surface area (Å²) in [5.41, 5.74) is 6.02. The molecule has 0 atom stereocenters. The van der Waals surface area contributed by atoms with Crippen molar-refractivity contribution >= 4 is 34.6 Å². The summed E-state index contributed by atoms with van der Waals surface area (Å²) >= 11 is 0. The van der Waals surface area contributed by atoms with Crippen LogP contribution < -0.4 is 14.5 Å². The van der Waals surface area contributed by atoms with E-state index in [0.717, 1.165) is 39.7 Å². The zero-order valence-electron chi connectivity index (χ0n) is 19.7. The van der Waals surface area contributed by atoms with E-state index in [9.17, 15) is 9.59 Å². The summed E-state index contributed by atoms with van der Waals surface area (Å²) in [6.07, 6.45) is 0. The molecule has 5 nitrogen and oxygen atoms in total. The number of hydrogen-bond acceptors (Lipinski definition) is 4. The number of anilines is 4. The molecule has 0 saturated carbocycles. The van der Waals surface area contributed by atoms with Crippen LogP contribution >= 0.6 is 0 Å². The van der Waals surface area contributed by atoms with Gasteiger partial charge >= 0.3 is 0 Å². The monoisotopic (exact) mass is 480 g/mol. The van der Waals surface area contributed by atoms with E-state index in [1.54, 1.807) is 12.1 Å². The number of hydrogen-bond donors (Lipinski definition) is 0. The van der Waals surface area contributed by atoms with E-state index in [0.29, 0.717) is 16.8 Å². The van der Waals surface area contributed by atoms with Gasteiger partial charge in [-0.3, -0.25) is 9.59 Å². The van der Waals surface area contributed by atoms with Gasteiger partial charge in [0, 0.05) is 5.69 Å². The molecule has 5 heteroatoms. The van der Waals surface area contributed by atoms with Crippen LogP contribution in [0.1, 0.15) is 20.7 Å². The largest absolute Gasteiger partial charge is 0.453 e. The first-order chi connectivity index (χ1) is 18.2. The molecule has 176 valence electrons. The van der Waals surface area contributed by atoms with Gasteiger partial charge in [0.2, 0.25) is 0 Å². The Morgan fingerprint density at radius 3 is 1.65 bits per heavy atom. The molecule has 5 aromatic rings. The zero-order valence-corrected chi connectivity index (χ0v) is 19.7. The molecule has 2 heterocycles. The molecule has 0 bridgehead atoms. The lowest BCUT2D eigenvalue weighted by Gasteiger charge is -2.32. The molecule has 2 aliphatic rings. The number of imide groups is 1. The second kappa shape index (κ2) is 8.21. The number of benzene rings is 5. The third-order valence-corrected chi connectivity index (χ3v) is 6.79. The van der Waals surface area contributed by atoms with Gasteiger partial charge in [0.1, 0.15) is 0 Å². The van der Waals surface area contributed by atoms with Crippen molar-refractivity contribution in [1.82, 2.24) is 0 Å². The number of para-hydroxylation sites is 4. The highest BCUT2D eigenvalue weighted by molar-refractivity contribution is 6.34. The van der Waals surface area contributed by atoms with Crippen molar-refractivity contribution in [3.8, 4) is 22.6 Å². The van der Waals surface area contributed by atoms with Gasteiger partial charge in [-0.2, -0.15) is 0 Å². The third kappa shape index (κ3) is 3.32. The van der Waals surface area contributed by atoms with Crippen molar-refractivity contribution < 1.29 is 14.3 Å². The Balaban J connectivity index is 1.24. The minimum absolute atomic E-state index is 0.311. The van der Waals surface area contributed by atoms with E-state index in [1.165, 1.54) is 4.90 Å². The zero-order chi connectivity index (χ0) is 24.9. The number of amides is 2. The Kier molecular flexibility index (Phi) is 4.69. The summed E-state index contributed by atoms with van der Waals surface area (Å²) in [4.78, 5) is 30.0. The van der Waals surface area contributed by atoms with E-state index in [4.69, 9.17) is 4.74 Å². The second-order valence-corrected chi connectivity index (χ2v) is 8.96. The first-order valence-electron chi connectivity index (χ1n) is 12.0. The summed E-state index contributed by atoms with van der Waals surface area (Å²) in [7, 11) is 0. The van der Waals surface area contributed by atoms with Crippen molar-refractivity contribution in [3.63, 3.8) is 0 Å². The van der Waals surface area contributed by atoms with Crippen LogP contribution in [0, 0.1) is 0 Å². The smallest absolute Gasteiger partial charge is 0.266 e. The molecule has 2 amide bonds. The van der Waals surface area contributed by atoms with Gasteiger partial charge < -0.3 is 9.64 Å². The first kappa shape index (κ1) is 21.1. The molecular weight excluding hydrogens is 460 g/mol. The summed E-state index contributed by atoms with van der Waals surface area (Å²) in [5.74, 6) is 0.904. The maximum absolute atomic E-state index is 13.4. The topological polar surface area (TPSA) is 49.9 Å². The maximum atomic E-state index is 13.4. The van der Waals surface area contributed by atoms with E-state index < -0.39 is 0 Å². The van der Waals surface area contributed by atoms with E-state index >= 15 is 0 Å². The van der Waals surface area contributed by atoms with Crippen LogP contribution in [-0.4, -0.2) is 11.8 Å². The molecule has 0 radical (unpaired) electrons. The number of carbonyl (C=O) groups excluding carboxylic acids is 2. The maximum Gasteiger partial charge on any atom is 0.266 e. The van der Waals surface area contributed by atoms with Crippen LogP contribution in [0.25, 0.3) is 11.1 Å². The molecule has 0 aromatic heterocycles. The Labute approximate surface area is 213 Å². The highest BCUT2D eigenvalue weighted by atomic mass is 16.5. The Morgan fingerprint density at radius 2 is 1.00 bits per heavy atom. The van der Waals surface area contributed by atoms with Crippen molar-refractivity contribution in [1.29, 1.82) is 0 Å². The molecular formula is C32H20N2O3. The number of nitrogens with zero attached hydrogens (tertiary/aromatic N) is 2. The molecule has 0 saturated heterocycles. The second-order valence-electron chi connectivity index (χ2n) is 8.96. The summed E-state index contributed by atoms with van der Waals surface area (Å²) in [6.45, 7) is 0. The Morgan fingerprint density at radius 1 is 0.459 bits per heavy atom. The third-order valence-electron chi connectivity index (χ3n) is 6.79. The van der Waals surface area contributed by atoms with Crippen LogP contribution in [0.2, 0.25) is 0 Å². The molecule has 37 heavy (non-hydrogen) atoms. The molecule has 5 aromatic carbocycles. The summed E-state index contributed by atoms with van der Waals surface area (Å²) in [5, 5.41) is 0. The van der Waals surface area contributed by atoms with Gasteiger partial charge in [-0.05, 0) is 71.8 Å². The minimum Gasteiger partial charge on any atom is -0.453 e. The molecule has 0 fully saturated rings. The number of ether oxygens (including phenoxy) is 1. The lowest BCUT2D eigenvalue weighted by molar-refractivity contribution is 0.0926. The predicted molar refractivity (Wildman–Crippen MR) is 144 cm³/mol. The molecule has 0 unspecified atom stereocenters. The fraction of sp³-hybridized carbons (Fsp3) is 0. The van der Waals surface area contributed by atoms with Gasteiger partial charge in [-0.15, -0.1) is 0 Å². The summed E-state index contributed by atoms with van der Waals surface area (Å²) in [6, 6.07) is 38.5.